The maximum absolute atomic E-state index is 13.9. The topological polar surface area (TPSA) is 102 Å². The molecule has 2 fully saturated rings. The van der Waals surface area contributed by atoms with Gasteiger partial charge in [0, 0.05) is 51.4 Å². The fourth-order valence-electron chi connectivity index (χ4n) is 7.21. The first-order valence-corrected chi connectivity index (χ1v) is 17.2. The van der Waals surface area contributed by atoms with E-state index < -0.39 is 23.3 Å². The van der Waals surface area contributed by atoms with Gasteiger partial charge in [-0.25, -0.2) is 4.79 Å². The lowest BCUT2D eigenvalue weighted by atomic mass is 9.91. The molecule has 0 aromatic heterocycles. The molecule has 4 amide bonds. The van der Waals surface area contributed by atoms with Gasteiger partial charge in [-0.3, -0.25) is 9.59 Å². The molecule has 3 heterocycles. The molecule has 2 aromatic rings. The first-order valence-electron chi connectivity index (χ1n) is 16.8. The summed E-state index contributed by atoms with van der Waals surface area (Å²) in [6, 6.07) is 9.83. The van der Waals surface area contributed by atoms with Crippen LogP contribution in [0.4, 0.5) is 29.3 Å². The Labute approximate surface area is 285 Å². The van der Waals surface area contributed by atoms with E-state index in [-0.39, 0.29) is 47.3 Å². The average molecular weight is 691 g/mol. The van der Waals surface area contributed by atoms with Gasteiger partial charge in [-0.15, -0.1) is 0 Å². The predicted octanol–water partition coefficient (Wildman–Crippen LogP) is 5.76. The summed E-state index contributed by atoms with van der Waals surface area (Å²) in [5.74, 6) is -0.911. The number of carbonyl (C=O) groups excluding carboxylic acids is 3. The second kappa shape index (κ2) is 15.4. The highest BCUT2D eigenvalue weighted by molar-refractivity contribution is 6.33. The van der Waals surface area contributed by atoms with E-state index in [9.17, 15) is 27.6 Å². The lowest BCUT2D eigenvalue weighted by Gasteiger charge is -2.38. The minimum absolute atomic E-state index is 0.0378. The summed E-state index contributed by atoms with van der Waals surface area (Å²) in [5, 5.41) is 2.76. The Morgan fingerprint density at radius 1 is 1.06 bits per heavy atom. The first-order chi connectivity index (χ1) is 22.8. The van der Waals surface area contributed by atoms with Crippen molar-refractivity contribution >= 4 is 40.8 Å². The number of para-hydroxylation sites is 1. The number of nitrogens with zero attached hydrogens (tertiary/aromatic N) is 4. The monoisotopic (exact) mass is 690 g/mol. The van der Waals surface area contributed by atoms with E-state index in [1.165, 1.54) is 6.07 Å². The number of piperidine rings is 2. The molecule has 2 saturated heterocycles. The molecule has 0 saturated carbocycles. The van der Waals surface area contributed by atoms with Crippen LogP contribution in [0.3, 0.4) is 0 Å². The number of likely N-dealkylation sites (tertiary alicyclic amines) is 2. The van der Waals surface area contributed by atoms with Gasteiger partial charge in [-0.1, -0.05) is 29.8 Å². The summed E-state index contributed by atoms with van der Waals surface area (Å²) in [6.45, 7) is 3.92. The summed E-state index contributed by atoms with van der Waals surface area (Å²) in [5.41, 5.74) is 6.13. The molecule has 1 atom stereocenters. The Morgan fingerprint density at radius 3 is 2.44 bits per heavy atom. The SMILES string of the molecule is CN1CCC(CCN(C)C(=O)[C@H](CC(=O)N2CCC(N3CCc4ccccc4NC3=O)CC2)Cc2cc(Cl)c(N)c(C(F)(F)F)c2)CC1. The van der Waals surface area contributed by atoms with Crippen LogP contribution in [0.2, 0.25) is 5.02 Å². The Kier molecular flexibility index (Phi) is 11.5. The second-order valence-electron chi connectivity index (χ2n) is 13.6. The van der Waals surface area contributed by atoms with Crippen LogP contribution in [0.15, 0.2) is 36.4 Å². The molecule has 9 nitrogen and oxygen atoms in total. The summed E-state index contributed by atoms with van der Waals surface area (Å²) in [4.78, 5) is 48.0. The third kappa shape index (κ3) is 8.74. The highest BCUT2D eigenvalue weighted by Crippen LogP contribution is 2.38. The molecule has 3 aliphatic heterocycles. The molecule has 0 unspecified atom stereocenters. The molecule has 3 aliphatic rings. The Bertz CT molecular complexity index is 1470. The number of carbonyl (C=O) groups is 3. The number of halogens is 4. The quantitative estimate of drug-likeness (QED) is 0.326. The smallest absolute Gasteiger partial charge is 0.397 e. The average Bonchev–Trinajstić information content (AvgIpc) is 3.22. The van der Waals surface area contributed by atoms with Gasteiger partial charge in [0.05, 0.1) is 22.2 Å². The minimum Gasteiger partial charge on any atom is -0.397 e. The first kappa shape index (κ1) is 35.8. The summed E-state index contributed by atoms with van der Waals surface area (Å²) >= 11 is 6.12. The molecule has 0 spiro atoms. The highest BCUT2D eigenvalue weighted by atomic mass is 35.5. The van der Waals surface area contributed by atoms with E-state index in [2.05, 4.69) is 17.3 Å². The van der Waals surface area contributed by atoms with Crippen molar-refractivity contribution in [3.05, 3.63) is 58.1 Å². The van der Waals surface area contributed by atoms with Gasteiger partial charge in [-0.05, 0) is 100 Å². The van der Waals surface area contributed by atoms with Crippen LogP contribution in [0.25, 0.3) is 0 Å². The number of nitrogens with two attached hydrogens (primary N) is 1. The van der Waals surface area contributed by atoms with Gasteiger partial charge in [0.25, 0.3) is 0 Å². The number of anilines is 2. The number of nitrogen functional groups attached to an aromatic ring is 1. The van der Waals surface area contributed by atoms with E-state index in [4.69, 9.17) is 17.3 Å². The standard InChI is InChI=1S/C35H46ClF3N6O3/c1-42-13-7-23(8-14-42)9-15-43(2)33(47)26(19-24-20-28(35(37,38)39)32(40)29(36)21-24)22-31(46)44-16-11-27(12-17-44)45-18-10-25-5-3-4-6-30(25)41-34(45)48/h3-6,20-21,23,26-27H,7-19,22,40H2,1-2H3,(H,41,48)/t26-/m0/s1. The van der Waals surface area contributed by atoms with Crippen molar-refractivity contribution in [3.63, 3.8) is 0 Å². The van der Waals surface area contributed by atoms with Gasteiger partial charge in [0.15, 0.2) is 0 Å². The van der Waals surface area contributed by atoms with Crippen LogP contribution < -0.4 is 11.1 Å². The number of hydrogen-bond donors (Lipinski definition) is 2. The van der Waals surface area contributed by atoms with Gasteiger partial charge in [-0.2, -0.15) is 13.2 Å². The van der Waals surface area contributed by atoms with Gasteiger partial charge >= 0.3 is 12.2 Å². The summed E-state index contributed by atoms with van der Waals surface area (Å²) < 4.78 is 41.3. The van der Waals surface area contributed by atoms with Crippen molar-refractivity contribution in [3.8, 4) is 0 Å². The molecule has 0 aliphatic carbocycles. The van der Waals surface area contributed by atoms with Crippen LogP contribution in [0.5, 0.6) is 0 Å². The van der Waals surface area contributed by atoms with E-state index in [0.29, 0.717) is 44.9 Å². The molecule has 262 valence electrons. The molecule has 0 radical (unpaired) electrons. The van der Waals surface area contributed by atoms with E-state index in [1.807, 2.05) is 29.2 Å². The van der Waals surface area contributed by atoms with E-state index in [0.717, 1.165) is 56.1 Å². The lowest BCUT2D eigenvalue weighted by Crippen LogP contribution is -2.50. The Hall–Kier alpha value is -3.51. The zero-order chi connectivity index (χ0) is 34.6. The van der Waals surface area contributed by atoms with Crippen molar-refractivity contribution in [2.75, 3.05) is 64.4 Å². The van der Waals surface area contributed by atoms with Crippen LogP contribution in [-0.2, 0) is 28.6 Å². The number of nitrogens with one attached hydrogen (secondary N) is 1. The van der Waals surface area contributed by atoms with Crippen LogP contribution in [0.1, 0.15) is 55.2 Å². The zero-order valence-electron chi connectivity index (χ0n) is 27.7. The molecular formula is C35H46ClF3N6O3. The van der Waals surface area contributed by atoms with E-state index in [1.54, 1.807) is 16.8 Å². The van der Waals surface area contributed by atoms with Crippen molar-refractivity contribution in [2.45, 2.75) is 63.6 Å². The third-order valence-electron chi connectivity index (χ3n) is 10.2. The minimum atomic E-state index is -4.72. The van der Waals surface area contributed by atoms with Crippen LogP contribution >= 0.6 is 11.6 Å². The van der Waals surface area contributed by atoms with E-state index >= 15 is 0 Å². The number of benzene rings is 2. The Balaban J connectivity index is 1.25. The molecule has 2 aromatic carbocycles. The van der Waals surface area contributed by atoms with Crippen molar-refractivity contribution in [1.29, 1.82) is 0 Å². The number of amides is 4. The number of hydrogen-bond acceptors (Lipinski definition) is 5. The third-order valence-corrected chi connectivity index (χ3v) is 10.5. The Morgan fingerprint density at radius 2 is 1.75 bits per heavy atom. The second-order valence-corrected chi connectivity index (χ2v) is 14.0. The lowest BCUT2D eigenvalue weighted by molar-refractivity contribution is -0.141. The predicted molar refractivity (Wildman–Crippen MR) is 181 cm³/mol. The van der Waals surface area contributed by atoms with Crippen LogP contribution in [-0.4, -0.2) is 96.9 Å². The van der Waals surface area contributed by atoms with Crippen molar-refractivity contribution in [2.24, 2.45) is 11.8 Å². The maximum atomic E-state index is 13.9. The summed E-state index contributed by atoms with van der Waals surface area (Å²) in [6.07, 6.45) is -0.123. The number of rotatable bonds is 9. The zero-order valence-corrected chi connectivity index (χ0v) is 28.5. The number of fused-ring (bicyclic) bond motifs is 1. The molecular weight excluding hydrogens is 645 g/mol. The highest BCUT2D eigenvalue weighted by Gasteiger charge is 2.36. The fraction of sp³-hybridized carbons (Fsp3) is 0.571. The van der Waals surface area contributed by atoms with Gasteiger partial charge < -0.3 is 30.7 Å². The largest absolute Gasteiger partial charge is 0.418 e. The molecule has 13 heteroatoms. The summed E-state index contributed by atoms with van der Waals surface area (Å²) in [7, 11) is 3.79. The van der Waals surface area contributed by atoms with Crippen molar-refractivity contribution in [1.82, 2.24) is 19.6 Å². The van der Waals surface area contributed by atoms with Crippen LogP contribution in [0, 0.1) is 11.8 Å². The molecule has 48 heavy (non-hydrogen) atoms. The molecule has 3 N–H and O–H groups in total. The molecule has 5 rings (SSSR count). The van der Waals surface area contributed by atoms with Crippen molar-refractivity contribution < 1.29 is 27.6 Å². The number of alkyl halides is 3. The number of urea groups is 1. The maximum Gasteiger partial charge on any atom is 0.418 e. The molecule has 0 bridgehead atoms. The van der Waals surface area contributed by atoms with Gasteiger partial charge in [0.1, 0.15) is 0 Å². The van der Waals surface area contributed by atoms with Gasteiger partial charge in [0.2, 0.25) is 11.8 Å². The fourth-order valence-corrected chi connectivity index (χ4v) is 7.45. The normalized spacial score (nSPS) is 19.0.